The summed E-state index contributed by atoms with van der Waals surface area (Å²) >= 11 is 1.47. The van der Waals surface area contributed by atoms with Crippen molar-refractivity contribution in [3.8, 4) is 0 Å². The lowest BCUT2D eigenvalue weighted by atomic mass is 10.2. The number of carbonyl (C=O) groups excluding carboxylic acids is 1. The van der Waals surface area contributed by atoms with Crippen LogP contribution in [0.25, 0.3) is 0 Å². The first-order valence-corrected chi connectivity index (χ1v) is 8.15. The van der Waals surface area contributed by atoms with E-state index in [9.17, 15) is 4.79 Å². The molecule has 0 aliphatic heterocycles. The molecule has 112 valence electrons. The zero-order chi connectivity index (χ0) is 15.1. The summed E-state index contributed by atoms with van der Waals surface area (Å²) in [6.07, 6.45) is 2.41. The van der Waals surface area contributed by atoms with Gasteiger partial charge in [-0.1, -0.05) is 11.8 Å². The molecule has 1 aliphatic rings. The summed E-state index contributed by atoms with van der Waals surface area (Å²) in [4.78, 5) is 12.4. The lowest BCUT2D eigenvalue weighted by Crippen LogP contribution is -2.06. The van der Waals surface area contributed by atoms with E-state index in [0.29, 0.717) is 11.7 Å². The molecule has 0 aromatic carbocycles. The molecular weight excluding hydrogens is 284 g/mol. The molecule has 5 nitrogen and oxygen atoms in total. The zero-order valence-electron chi connectivity index (χ0n) is 12.9. The van der Waals surface area contributed by atoms with Gasteiger partial charge in [0.25, 0.3) is 0 Å². The highest BCUT2D eigenvalue weighted by Crippen LogP contribution is 2.39. The minimum Gasteiger partial charge on any atom is -0.351 e. The Labute approximate surface area is 128 Å². The van der Waals surface area contributed by atoms with Crippen LogP contribution in [0.2, 0.25) is 0 Å². The Morgan fingerprint density at radius 2 is 2.00 bits per heavy atom. The van der Waals surface area contributed by atoms with Crippen molar-refractivity contribution < 1.29 is 4.79 Å². The van der Waals surface area contributed by atoms with Crippen LogP contribution < -0.4 is 0 Å². The zero-order valence-corrected chi connectivity index (χ0v) is 13.7. The molecule has 3 rings (SSSR count). The van der Waals surface area contributed by atoms with Crippen molar-refractivity contribution in [3.05, 3.63) is 28.8 Å². The topological polar surface area (TPSA) is 52.7 Å². The molecule has 1 saturated carbocycles. The molecular formula is C15H20N4OS. The second-order valence-electron chi connectivity index (χ2n) is 5.73. The second kappa shape index (κ2) is 5.33. The first-order valence-electron chi connectivity index (χ1n) is 7.17. The van der Waals surface area contributed by atoms with Gasteiger partial charge in [0.15, 0.2) is 10.9 Å². The Morgan fingerprint density at radius 1 is 1.29 bits per heavy atom. The number of rotatable bonds is 5. The van der Waals surface area contributed by atoms with Crippen LogP contribution in [0.4, 0.5) is 0 Å². The molecule has 2 aromatic heterocycles. The highest BCUT2D eigenvalue weighted by Gasteiger charge is 2.29. The summed E-state index contributed by atoms with van der Waals surface area (Å²) in [7, 11) is 3.97. The highest BCUT2D eigenvalue weighted by molar-refractivity contribution is 7.99. The Bertz CT molecular complexity index is 697. The third-order valence-corrected chi connectivity index (χ3v) is 5.24. The van der Waals surface area contributed by atoms with Gasteiger partial charge in [-0.2, -0.15) is 0 Å². The number of hydrogen-bond donors (Lipinski definition) is 0. The fourth-order valence-corrected chi connectivity index (χ4v) is 3.30. The second-order valence-corrected chi connectivity index (χ2v) is 6.67. The van der Waals surface area contributed by atoms with Crippen molar-refractivity contribution in [1.29, 1.82) is 0 Å². The number of ketones is 1. The summed E-state index contributed by atoms with van der Waals surface area (Å²) in [5.74, 6) is 2.18. The average Bonchev–Trinajstić information content (AvgIpc) is 3.19. The molecule has 1 fully saturated rings. The van der Waals surface area contributed by atoms with Gasteiger partial charge in [-0.25, -0.2) is 0 Å². The van der Waals surface area contributed by atoms with Gasteiger partial charge in [0.2, 0.25) is 0 Å². The summed E-state index contributed by atoms with van der Waals surface area (Å²) in [6.45, 7) is 4.00. The minimum atomic E-state index is 0.150. The van der Waals surface area contributed by atoms with Crippen molar-refractivity contribution in [2.45, 2.75) is 37.8 Å². The molecule has 0 unspecified atom stereocenters. The predicted molar refractivity (Wildman–Crippen MR) is 82.9 cm³/mol. The lowest BCUT2D eigenvalue weighted by molar-refractivity contribution is 0.102. The summed E-state index contributed by atoms with van der Waals surface area (Å²) in [5.41, 5.74) is 2.94. The molecule has 6 heteroatoms. The normalized spacial score (nSPS) is 14.7. The molecule has 1 aliphatic carbocycles. The first kappa shape index (κ1) is 14.4. The molecule has 21 heavy (non-hydrogen) atoms. The van der Waals surface area contributed by atoms with Crippen molar-refractivity contribution in [2.75, 3.05) is 5.75 Å². The monoisotopic (exact) mass is 304 g/mol. The molecule has 0 spiro atoms. The highest BCUT2D eigenvalue weighted by atomic mass is 32.2. The van der Waals surface area contributed by atoms with Gasteiger partial charge >= 0.3 is 0 Å². The maximum Gasteiger partial charge on any atom is 0.191 e. The van der Waals surface area contributed by atoms with Gasteiger partial charge in [0, 0.05) is 37.0 Å². The fraction of sp³-hybridized carbons (Fsp3) is 0.533. The Kier molecular flexibility index (Phi) is 3.65. The number of nitrogens with zero attached hydrogens (tertiary/aromatic N) is 4. The fourth-order valence-electron chi connectivity index (χ4n) is 2.49. The van der Waals surface area contributed by atoms with E-state index < -0.39 is 0 Å². The van der Waals surface area contributed by atoms with Crippen molar-refractivity contribution >= 4 is 17.5 Å². The van der Waals surface area contributed by atoms with E-state index in [0.717, 1.165) is 27.9 Å². The third kappa shape index (κ3) is 2.64. The van der Waals surface area contributed by atoms with Gasteiger partial charge in [-0.15, -0.1) is 10.2 Å². The van der Waals surface area contributed by atoms with E-state index in [-0.39, 0.29) is 5.78 Å². The molecule has 0 bridgehead atoms. The number of Topliss-reactive ketones (excluding diaryl/α,β-unsaturated/α-hetero) is 1. The first-order chi connectivity index (χ1) is 9.99. The van der Waals surface area contributed by atoms with E-state index in [1.165, 1.54) is 24.6 Å². The van der Waals surface area contributed by atoms with E-state index in [1.807, 2.05) is 43.1 Å². The molecule has 0 amide bonds. The van der Waals surface area contributed by atoms with Crippen molar-refractivity contribution in [1.82, 2.24) is 19.3 Å². The largest absolute Gasteiger partial charge is 0.351 e. The Balaban J connectivity index is 1.69. The Hall–Kier alpha value is -1.56. The average molecular weight is 304 g/mol. The van der Waals surface area contributed by atoms with Gasteiger partial charge in [0.05, 0.1) is 5.75 Å². The summed E-state index contributed by atoms with van der Waals surface area (Å²) in [5, 5.41) is 9.28. The molecule has 2 aromatic rings. The van der Waals surface area contributed by atoms with E-state index in [1.54, 1.807) is 0 Å². The number of aromatic nitrogens is 4. The van der Waals surface area contributed by atoms with Crippen molar-refractivity contribution in [3.63, 3.8) is 0 Å². The van der Waals surface area contributed by atoms with Crippen LogP contribution in [-0.4, -0.2) is 30.9 Å². The minimum absolute atomic E-state index is 0.150. The van der Waals surface area contributed by atoms with Crippen molar-refractivity contribution in [2.24, 2.45) is 14.1 Å². The smallest absolute Gasteiger partial charge is 0.191 e. The van der Waals surface area contributed by atoms with Crippen LogP contribution >= 0.6 is 11.8 Å². The lowest BCUT2D eigenvalue weighted by Gasteiger charge is -2.03. The Morgan fingerprint density at radius 3 is 2.57 bits per heavy atom. The molecule has 0 N–H and O–H groups in total. The number of aryl methyl sites for hydroxylation is 1. The van der Waals surface area contributed by atoms with Crippen LogP contribution in [0.5, 0.6) is 0 Å². The number of carbonyl (C=O) groups is 1. The van der Waals surface area contributed by atoms with Gasteiger partial charge in [-0.3, -0.25) is 4.79 Å². The maximum absolute atomic E-state index is 12.4. The van der Waals surface area contributed by atoms with E-state index in [2.05, 4.69) is 10.2 Å². The quantitative estimate of drug-likeness (QED) is 0.629. The van der Waals surface area contributed by atoms with Crippen LogP contribution in [0.3, 0.4) is 0 Å². The van der Waals surface area contributed by atoms with Crippen LogP contribution in [0.1, 0.15) is 46.3 Å². The maximum atomic E-state index is 12.4. The SMILES string of the molecule is Cc1cc(C(=O)CSc2nnc(C3CC3)n2C)c(C)n1C. The molecule has 0 atom stereocenters. The van der Waals surface area contributed by atoms with Gasteiger partial charge in [-0.05, 0) is 32.8 Å². The molecule has 0 saturated heterocycles. The standard InChI is InChI=1S/C15H20N4OS/c1-9-7-12(10(2)18(9)3)13(20)8-21-15-17-16-14(19(15)4)11-5-6-11/h7,11H,5-6,8H2,1-4H3. The third-order valence-electron chi connectivity index (χ3n) is 4.22. The van der Waals surface area contributed by atoms with Gasteiger partial charge < -0.3 is 9.13 Å². The van der Waals surface area contributed by atoms with Crippen LogP contribution in [0, 0.1) is 13.8 Å². The predicted octanol–water partition coefficient (Wildman–Crippen LogP) is 2.62. The van der Waals surface area contributed by atoms with E-state index in [4.69, 9.17) is 0 Å². The summed E-state index contributed by atoms with van der Waals surface area (Å²) < 4.78 is 4.07. The number of thioether (sulfide) groups is 1. The molecule has 2 heterocycles. The van der Waals surface area contributed by atoms with Gasteiger partial charge in [0.1, 0.15) is 5.82 Å². The molecule has 0 radical (unpaired) electrons. The number of hydrogen-bond acceptors (Lipinski definition) is 4. The van der Waals surface area contributed by atoms with E-state index >= 15 is 0 Å². The van der Waals surface area contributed by atoms with Crippen LogP contribution in [-0.2, 0) is 14.1 Å². The van der Waals surface area contributed by atoms with Crippen LogP contribution in [0.15, 0.2) is 11.2 Å². The summed E-state index contributed by atoms with van der Waals surface area (Å²) in [6, 6.07) is 1.96.